The van der Waals surface area contributed by atoms with Crippen molar-refractivity contribution in [2.24, 2.45) is 11.8 Å². The highest BCUT2D eigenvalue weighted by Crippen LogP contribution is 2.25. The number of likely N-dealkylation sites (tertiary alicyclic amines) is 1. The Morgan fingerprint density at radius 2 is 2.24 bits per heavy atom. The van der Waals surface area contributed by atoms with E-state index in [1.807, 2.05) is 22.4 Å². The fraction of sp³-hybridized carbons (Fsp3) is 0.647. The van der Waals surface area contributed by atoms with Crippen LogP contribution in [-0.4, -0.2) is 29.7 Å². The fourth-order valence-corrected chi connectivity index (χ4v) is 3.65. The van der Waals surface area contributed by atoms with Gasteiger partial charge in [-0.15, -0.1) is 11.3 Å². The average Bonchev–Trinajstić information content (AvgIpc) is 2.92. The molecule has 1 aromatic heterocycles. The Morgan fingerprint density at radius 1 is 1.43 bits per heavy atom. The lowest BCUT2D eigenvalue weighted by Crippen LogP contribution is -2.31. The van der Waals surface area contributed by atoms with Crippen molar-refractivity contribution >= 4 is 23.0 Å². The SMILES string of the molecule is CC(C)C1CCC(=O)N(CCCC(=O)c2cccs2)CC1. The number of hydrogen-bond acceptors (Lipinski definition) is 3. The molecule has 1 atom stereocenters. The first-order valence-corrected chi connectivity index (χ1v) is 8.80. The number of hydrogen-bond donors (Lipinski definition) is 0. The maximum atomic E-state index is 12.1. The Hall–Kier alpha value is -1.16. The summed E-state index contributed by atoms with van der Waals surface area (Å²) in [7, 11) is 0. The van der Waals surface area contributed by atoms with Crippen LogP contribution in [0.2, 0.25) is 0 Å². The van der Waals surface area contributed by atoms with Gasteiger partial charge < -0.3 is 4.90 Å². The van der Waals surface area contributed by atoms with Crippen LogP contribution in [0.1, 0.15) is 55.6 Å². The van der Waals surface area contributed by atoms with Crippen molar-refractivity contribution < 1.29 is 9.59 Å². The van der Waals surface area contributed by atoms with Gasteiger partial charge in [0.05, 0.1) is 4.88 Å². The second-order valence-corrected chi connectivity index (χ2v) is 7.16. The lowest BCUT2D eigenvalue weighted by Gasteiger charge is -2.21. The zero-order chi connectivity index (χ0) is 15.2. The summed E-state index contributed by atoms with van der Waals surface area (Å²) in [5.41, 5.74) is 0. The Morgan fingerprint density at radius 3 is 2.90 bits per heavy atom. The standard InChI is InChI=1S/C17H25NO2S/c1-13(2)14-7-8-17(20)18(11-9-14)10-3-5-15(19)16-6-4-12-21-16/h4,6,12-14H,3,5,7-11H2,1-2H3. The monoisotopic (exact) mass is 307 g/mol. The second kappa shape index (κ2) is 7.74. The number of ketones is 1. The summed E-state index contributed by atoms with van der Waals surface area (Å²) in [5.74, 6) is 1.78. The van der Waals surface area contributed by atoms with Crippen LogP contribution in [0.15, 0.2) is 17.5 Å². The summed E-state index contributed by atoms with van der Waals surface area (Å²) in [6.45, 7) is 6.06. The van der Waals surface area contributed by atoms with Crippen molar-refractivity contribution in [3.05, 3.63) is 22.4 Å². The van der Waals surface area contributed by atoms with Crippen molar-refractivity contribution in [1.29, 1.82) is 0 Å². The zero-order valence-electron chi connectivity index (χ0n) is 13.0. The van der Waals surface area contributed by atoms with Crippen molar-refractivity contribution in [2.75, 3.05) is 13.1 Å². The molecule has 1 aliphatic rings. The summed E-state index contributed by atoms with van der Waals surface area (Å²) in [6.07, 6.45) is 4.10. The molecule has 0 aromatic carbocycles. The molecule has 0 bridgehead atoms. The molecule has 2 rings (SSSR count). The van der Waals surface area contributed by atoms with Gasteiger partial charge in [0.2, 0.25) is 5.91 Å². The van der Waals surface area contributed by atoms with Crippen LogP contribution in [0.4, 0.5) is 0 Å². The summed E-state index contributed by atoms with van der Waals surface area (Å²) in [6, 6.07) is 3.78. The van der Waals surface area contributed by atoms with Gasteiger partial charge in [-0.25, -0.2) is 0 Å². The van der Waals surface area contributed by atoms with Crippen LogP contribution < -0.4 is 0 Å². The van der Waals surface area contributed by atoms with Crippen molar-refractivity contribution in [2.45, 2.75) is 46.0 Å². The van der Waals surface area contributed by atoms with Gasteiger partial charge in [-0.1, -0.05) is 19.9 Å². The largest absolute Gasteiger partial charge is 0.343 e. The zero-order valence-corrected chi connectivity index (χ0v) is 13.8. The summed E-state index contributed by atoms with van der Waals surface area (Å²) < 4.78 is 0. The molecule has 2 heterocycles. The first kappa shape index (κ1) is 16.2. The molecule has 21 heavy (non-hydrogen) atoms. The van der Waals surface area contributed by atoms with Gasteiger partial charge in [0.25, 0.3) is 0 Å². The van der Waals surface area contributed by atoms with Crippen LogP contribution >= 0.6 is 11.3 Å². The first-order valence-electron chi connectivity index (χ1n) is 7.92. The molecule has 1 unspecified atom stereocenters. The summed E-state index contributed by atoms with van der Waals surface area (Å²) in [4.78, 5) is 26.9. The normalized spacial score (nSPS) is 19.9. The highest BCUT2D eigenvalue weighted by Gasteiger charge is 2.24. The van der Waals surface area contributed by atoms with Gasteiger partial charge in [-0.3, -0.25) is 9.59 Å². The van der Waals surface area contributed by atoms with Crippen LogP contribution in [-0.2, 0) is 4.79 Å². The number of rotatable bonds is 6. The van der Waals surface area contributed by atoms with Gasteiger partial charge in [0.1, 0.15) is 0 Å². The molecule has 1 saturated heterocycles. The molecular weight excluding hydrogens is 282 g/mol. The lowest BCUT2D eigenvalue weighted by molar-refractivity contribution is -0.130. The predicted octanol–water partition coefficient (Wildman–Crippen LogP) is 4.00. The van der Waals surface area contributed by atoms with Crippen LogP contribution in [0.3, 0.4) is 0 Å². The Bertz CT molecular complexity index is 467. The molecule has 1 amide bonds. The van der Waals surface area contributed by atoms with Crippen molar-refractivity contribution in [1.82, 2.24) is 4.90 Å². The number of carbonyl (C=O) groups excluding carboxylic acids is 2. The molecule has 0 aliphatic carbocycles. The van der Waals surface area contributed by atoms with Crippen LogP contribution in [0.25, 0.3) is 0 Å². The van der Waals surface area contributed by atoms with Gasteiger partial charge in [0.15, 0.2) is 5.78 Å². The fourth-order valence-electron chi connectivity index (χ4n) is 2.95. The molecule has 116 valence electrons. The van der Waals surface area contributed by atoms with Crippen molar-refractivity contribution in [3.63, 3.8) is 0 Å². The van der Waals surface area contributed by atoms with Gasteiger partial charge in [-0.2, -0.15) is 0 Å². The van der Waals surface area contributed by atoms with E-state index < -0.39 is 0 Å². The molecule has 0 N–H and O–H groups in total. The van der Waals surface area contributed by atoms with Gasteiger partial charge in [-0.05, 0) is 42.5 Å². The number of thiophene rings is 1. The van der Waals surface area contributed by atoms with E-state index in [0.29, 0.717) is 24.7 Å². The second-order valence-electron chi connectivity index (χ2n) is 6.22. The van der Waals surface area contributed by atoms with Crippen LogP contribution in [0.5, 0.6) is 0 Å². The number of nitrogens with zero attached hydrogens (tertiary/aromatic N) is 1. The minimum Gasteiger partial charge on any atom is -0.343 e. The van der Waals surface area contributed by atoms with E-state index in [-0.39, 0.29) is 11.7 Å². The minimum absolute atomic E-state index is 0.201. The van der Waals surface area contributed by atoms with E-state index in [2.05, 4.69) is 13.8 Å². The summed E-state index contributed by atoms with van der Waals surface area (Å²) in [5, 5.41) is 1.93. The van der Waals surface area contributed by atoms with Crippen molar-refractivity contribution in [3.8, 4) is 0 Å². The Balaban J connectivity index is 1.77. The van der Waals surface area contributed by atoms with E-state index in [9.17, 15) is 9.59 Å². The van der Waals surface area contributed by atoms with E-state index in [1.165, 1.54) is 11.3 Å². The molecule has 0 saturated carbocycles. The molecule has 1 aromatic rings. The number of amides is 1. The predicted molar refractivity (Wildman–Crippen MR) is 86.6 cm³/mol. The highest BCUT2D eigenvalue weighted by atomic mass is 32.1. The number of carbonyl (C=O) groups is 2. The average molecular weight is 307 g/mol. The van der Waals surface area contributed by atoms with E-state index in [0.717, 1.165) is 37.2 Å². The third kappa shape index (κ3) is 4.67. The van der Waals surface area contributed by atoms with Crippen LogP contribution in [0, 0.1) is 11.8 Å². The van der Waals surface area contributed by atoms with E-state index >= 15 is 0 Å². The molecule has 4 heteroatoms. The Labute approximate surface area is 131 Å². The quantitative estimate of drug-likeness (QED) is 0.745. The molecular formula is C17H25NO2S. The third-order valence-electron chi connectivity index (χ3n) is 4.42. The first-order chi connectivity index (χ1) is 10.1. The number of Topliss-reactive ketones (excluding diaryl/α,β-unsaturated/α-hetero) is 1. The topological polar surface area (TPSA) is 37.4 Å². The maximum absolute atomic E-state index is 12.1. The molecule has 1 fully saturated rings. The highest BCUT2D eigenvalue weighted by molar-refractivity contribution is 7.12. The molecule has 3 nitrogen and oxygen atoms in total. The van der Waals surface area contributed by atoms with E-state index in [4.69, 9.17) is 0 Å². The van der Waals surface area contributed by atoms with Gasteiger partial charge in [0, 0.05) is 25.9 Å². The maximum Gasteiger partial charge on any atom is 0.222 e. The van der Waals surface area contributed by atoms with Gasteiger partial charge >= 0.3 is 0 Å². The molecule has 0 spiro atoms. The Kier molecular flexibility index (Phi) is 5.97. The van der Waals surface area contributed by atoms with E-state index in [1.54, 1.807) is 0 Å². The molecule has 1 aliphatic heterocycles. The minimum atomic E-state index is 0.201. The molecule has 0 radical (unpaired) electrons. The smallest absolute Gasteiger partial charge is 0.222 e. The summed E-state index contributed by atoms with van der Waals surface area (Å²) >= 11 is 1.49. The lowest BCUT2D eigenvalue weighted by atomic mass is 9.89. The third-order valence-corrected chi connectivity index (χ3v) is 5.33.